The second-order valence-corrected chi connectivity index (χ2v) is 6.46. The van der Waals surface area contributed by atoms with Crippen molar-refractivity contribution in [3.05, 3.63) is 29.8 Å². The number of carbonyl (C=O) groups is 1. The van der Waals surface area contributed by atoms with E-state index < -0.39 is 6.61 Å². The Balaban J connectivity index is 1.65. The lowest BCUT2D eigenvalue weighted by Gasteiger charge is -2.39. The Morgan fingerprint density at radius 3 is 2.68 bits per heavy atom. The van der Waals surface area contributed by atoms with Gasteiger partial charge >= 0.3 is 6.61 Å². The SMILES string of the molecule is O=C(N[C@H]1CCOC[C@H]1C1CCOCC1)c1cccc(OC(F)F)c1. The van der Waals surface area contributed by atoms with Gasteiger partial charge < -0.3 is 19.5 Å². The molecular weight excluding hydrogens is 332 g/mol. The number of halogens is 2. The zero-order valence-electron chi connectivity index (χ0n) is 14.0. The lowest BCUT2D eigenvalue weighted by molar-refractivity contribution is -0.0499. The Morgan fingerprint density at radius 2 is 1.92 bits per heavy atom. The molecule has 2 fully saturated rings. The lowest BCUT2D eigenvalue weighted by Crippen LogP contribution is -2.49. The van der Waals surface area contributed by atoms with Crippen LogP contribution in [0.25, 0.3) is 0 Å². The summed E-state index contributed by atoms with van der Waals surface area (Å²) in [6.07, 6.45) is 2.69. The third-order valence-electron chi connectivity index (χ3n) is 4.91. The highest BCUT2D eigenvalue weighted by atomic mass is 19.3. The summed E-state index contributed by atoms with van der Waals surface area (Å²) in [7, 11) is 0. The molecule has 0 saturated carbocycles. The maximum atomic E-state index is 12.6. The highest BCUT2D eigenvalue weighted by Gasteiger charge is 2.34. The molecule has 1 aromatic rings. The summed E-state index contributed by atoms with van der Waals surface area (Å²) in [5.74, 6) is 0.425. The van der Waals surface area contributed by atoms with Crippen molar-refractivity contribution in [1.82, 2.24) is 5.32 Å². The Morgan fingerprint density at radius 1 is 1.16 bits per heavy atom. The van der Waals surface area contributed by atoms with Crippen LogP contribution in [-0.2, 0) is 9.47 Å². The molecular formula is C18H23F2NO4. The number of hydrogen-bond acceptors (Lipinski definition) is 4. The highest BCUT2D eigenvalue weighted by Crippen LogP contribution is 2.30. The summed E-state index contributed by atoms with van der Waals surface area (Å²) in [4.78, 5) is 12.6. The van der Waals surface area contributed by atoms with Crippen molar-refractivity contribution in [2.45, 2.75) is 31.9 Å². The van der Waals surface area contributed by atoms with Crippen LogP contribution in [0.4, 0.5) is 8.78 Å². The van der Waals surface area contributed by atoms with E-state index in [1.54, 1.807) is 6.07 Å². The molecule has 1 aromatic carbocycles. The van der Waals surface area contributed by atoms with Crippen LogP contribution >= 0.6 is 0 Å². The molecule has 2 aliphatic rings. The van der Waals surface area contributed by atoms with Crippen molar-refractivity contribution in [2.24, 2.45) is 11.8 Å². The molecule has 2 aliphatic heterocycles. The number of nitrogens with one attached hydrogen (secondary N) is 1. The van der Waals surface area contributed by atoms with E-state index in [4.69, 9.17) is 9.47 Å². The third-order valence-corrected chi connectivity index (χ3v) is 4.91. The second kappa shape index (κ2) is 8.58. The van der Waals surface area contributed by atoms with E-state index in [2.05, 4.69) is 10.1 Å². The Labute approximate surface area is 145 Å². The number of ether oxygens (including phenoxy) is 3. The minimum absolute atomic E-state index is 0.0176. The lowest BCUT2D eigenvalue weighted by atomic mass is 9.79. The van der Waals surface area contributed by atoms with Gasteiger partial charge in [-0.25, -0.2) is 0 Å². The molecule has 7 heteroatoms. The highest BCUT2D eigenvalue weighted by molar-refractivity contribution is 5.94. The van der Waals surface area contributed by atoms with Gasteiger partial charge in [0.15, 0.2) is 0 Å². The van der Waals surface area contributed by atoms with Crippen LogP contribution < -0.4 is 10.1 Å². The zero-order valence-corrected chi connectivity index (χ0v) is 14.0. The monoisotopic (exact) mass is 355 g/mol. The number of amides is 1. The van der Waals surface area contributed by atoms with E-state index >= 15 is 0 Å². The van der Waals surface area contributed by atoms with E-state index in [9.17, 15) is 13.6 Å². The average molecular weight is 355 g/mol. The number of rotatable bonds is 5. The second-order valence-electron chi connectivity index (χ2n) is 6.46. The first-order valence-corrected chi connectivity index (χ1v) is 8.64. The van der Waals surface area contributed by atoms with Gasteiger partial charge in [0.05, 0.1) is 6.61 Å². The van der Waals surface area contributed by atoms with E-state index in [-0.39, 0.29) is 23.6 Å². The number of carbonyl (C=O) groups excluding carboxylic acids is 1. The van der Waals surface area contributed by atoms with Crippen LogP contribution in [0.3, 0.4) is 0 Å². The molecule has 5 nitrogen and oxygen atoms in total. The molecule has 0 unspecified atom stereocenters. The molecule has 2 heterocycles. The fourth-order valence-electron chi connectivity index (χ4n) is 3.61. The zero-order chi connectivity index (χ0) is 17.6. The van der Waals surface area contributed by atoms with Crippen molar-refractivity contribution < 1.29 is 27.8 Å². The van der Waals surface area contributed by atoms with Crippen LogP contribution in [-0.4, -0.2) is 45.0 Å². The summed E-state index contributed by atoms with van der Waals surface area (Å²) in [5.41, 5.74) is 0.315. The Bertz CT molecular complexity index is 578. The summed E-state index contributed by atoms with van der Waals surface area (Å²) in [5, 5.41) is 3.06. The molecule has 2 atom stereocenters. The quantitative estimate of drug-likeness (QED) is 0.882. The van der Waals surface area contributed by atoms with E-state index in [1.807, 2.05) is 0 Å². The van der Waals surface area contributed by atoms with Gasteiger partial charge in [0.2, 0.25) is 0 Å². The first-order valence-electron chi connectivity index (χ1n) is 8.64. The largest absolute Gasteiger partial charge is 0.435 e. The van der Waals surface area contributed by atoms with Crippen molar-refractivity contribution in [2.75, 3.05) is 26.4 Å². The van der Waals surface area contributed by atoms with Gasteiger partial charge in [-0.15, -0.1) is 0 Å². The molecule has 0 aromatic heterocycles. The Kier molecular flexibility index (Phi) is 6.20. The van der Waals surface area contributed by atoms with Gasteiger partial charge in [-0.05, 0) is 43.4 Å². The molecule has 1 amide bonds. The first-order chi connectivity index (χ1) is 12.1. The van der Waals surface area contributed by atoms with Gasteiger partial charge in [0.25, 0.3) is 5.91 Å². The normalized spacial score (nSPS) is 24.9. The predicted octanol–water partition coefficient (Wildman–Crippen LogP) is 2.85. The number of benzene rings is 1. The molecule has 0 bridgehead atoms. The summed E-state index contributed by atoms with van der Waals surface area (Å²) < 4.78 is 40.1. The molecule has 0 radical (unpaired) electrons. The van der Waals surface area contributed by atoms with Crippen LogP contribution in [0.15, 0.2) is 24.3 Å². The maximum Gasteiger partial charge on any atom is 0.387 e. The number of alkyl halides is 2. The fraction of sp³-hybridized carbons (Fsp3) is 0.611. The summed E-state index contributed by atoms with van der Waals surface area (Å²) >= 11 is 0. The van der Waals surface area contributed by atoms with Crippen LogP contribution in [0, 0.1) is 11.8 Å². The van der Waals surface area contributed by atoms with Crippen LogP contribution in [0.2, 0.25) is 0 Å². The maximum absolute atomic E-state index is 12.6. The topological polar surface area (TPSA) is 56.8 Å². The van der Waals surface area contributed by atoms with Crippen molar-refractivity contribution >= 4 is 5.91 Å². The van der Waals surface area contributed by atoms with Gasteiger partial charge in [0.1, 0.15) is 5.75 Å². The Hall–Kier alpha value is -1.73. The summed E-state index contributed by atoms with van der Waals surface area (Å²) in [6, 6.07) is 5.89. The molecule has 138 valence electrons. The molecule has 0 spiro atoms. The standard InChI is InChI=1S/C18H23F2NO4/c19-18(20)25-14-3-1-2-13(10-14)17(22)21-16-6-9-24-11-15(16)12-4-7-23-8-5-12/h1-3,10,12,15-16,18H,4-9,11H2,(H,21,22)/t15-,16-/m0/s1. The molecule has 2 saturated heterocycles. The first kappa shape index (κ1) is 18.1. The average Bonchev–Trinajstić information content (AvgIpc) is 2.62. The van der Waals surface area contributed by atoms with Gasteiger partial charge in [-0.1, -0.05) is 6.07 Å². The van der Waals surface area contributed by atoms with Gasteiger partial charge in [-0.2, -0.15) is 8.78 Å². The fourth-order valence-corrected chi connectivity index (χ4v) is 3.61. The van der Waals surface area contributed by atoms with E-state index in [0.717, 1.165) is 32.5 Å². The van der Waals surface area contributed by atoms with E-state index in [1.165, 1.54) is 18.2 Å². The smallest absolute Gasteiger partial charge is 0.387 e. The minimum Gasteiger partial charge on any atom is -0.435 e. The summed E-state index contributed by atoms with van der Waals surface area (Å²) in [6.45, 7) is -0.181. The van der Waals surface area contributed by atoms with Crippen LogP contribution in [0.5, 0.6) is 5.75 Å². The molecule has 0 aliphatic carbocycles. The molecule has 25 heavy (non-hydrogen) atoms. The van der Waals surface area contributed by atoms with Crippen LogP contribution in [0.1, 0.15) is 29.6 Å². The van der Waals surface area contributed by atoms with Crippen molar-refractivity contribution in [3.63, 3.8) is 0 Å². The molecule has 1 N–H and O–H groups in total. The predicted molar refractivity (Wildman–Crippen MR) is 86.8 cm³/mol. The minimum atomic E-state index is -2.91. The third kappa shape index (κ3) is 4.89. The molecule has 3 rings (SSSR count). The van der Waals surface area contributed by atoms with Crippen molar-refractivity contribution in [1.29, 1.82) is 0 Å². The number of hydrogen-bond donors (Lipinski definition) is 1. The van der Waals surface area contributed by atoms with Crippen molar-refractivity contribution in [3.8, 4) is 5.75 Å². The van der Waals surface area contributed by atoms with Gasteiger partial charge in [-0.3, -0.25) is 4.79 Å². The van der Waals surface area contributed by atoms with E-state index in [0.29, 0.717) is 24.7 Å². The van der Waals surface area contributed by atoms with Gasteiger partial charge in [0, 0.05) is 37.3 Å².